The van der Waals surface area contributed by atoms with Crippen LogP contribution in [-0.4, -0.2) is 23.5 Å². The Morgan fingerprint density at radius 1 is 0.833 bits per heavy atom. The van der Waals surface area contributed by atoms with Crippen molar-refractivity contribution < 1.29 is 18.7 Å². The Morgan fingerprint density at radius 2 is 1.36 bits per heavy atom. The van der Waals surface area contributed by atoms with Gasteiger partial charge in [0.25, 0.3) is 0 Å². The molecular formula is C31H34FNO3. The van der Waals surface area contributed by atoms with Gasteiger partial charge in [-0.15, -0.1) is 0 Å². The molecule has 36 heavy (non-hydrogen) atoms. The average molecular weight is 488 g/mol. The van der Waals surface area contributed by atoms with E-state index >= 15 is 0 Å². The van der Waals surface area contributed by atoms with Gasteiger partial charge in [-0.25, -0.2) is 4.39 Å². The molecule has 1 aliphatic heterocycles. The molecule has 0 N–H and O–H groups in total. The van der Waals surface area contributed by atoms with Crippen LogP contribution >= 0.6 is 0 Å². The number of carbonyl (C=O) groups excluding carboxylic acids is 2. The Labute approximate surface area is 212 Å². The van der Waals surface area contributed by atoms with Crippen molar-refractivity contribution in [2.75, 3.05) is 7.05 Å². The van der Waals surface area contributed by atoms with Crippen LogP contribution < -0.4 is 4.74 Å². The number of benzene rings is 2. The predicted molar refractivity (Wildman–Crippen MR) is 138 cm³/mol. The third-order valence-corrected chi connectivity index (χ3v) is 7.72. The Morgan fingerprint density at radius 3 is 1.92 bits per heavy atom. The molecule has 0 atom stereocenters. The third kappa shape index (κ3) is 4.40. The van der Waals surface area contributed by atoms with Gasteiger partial charge in [0, 0.05) is 53.9 Å². The van der Waals surface area contributed by atoms with Gasteiger partial charge >= 0.3 is 0 Å². The predicted octanol–water partition coefficient (Wildman–Crippen LogP) is 6.72. The summed E-state index contributed by atoms with van der Waals surface area (Å²) in [5.41, 5.74) is 4.94. The maximum atomic E-state index is 13.7. The minimum atomic E-state index is -0.442. The van der Waals surface area contributed by atoms with Crippen LogP contribution in [0.5, 0.6) is 5.75 Å². The summed E-state index contributed by atoms with van der Waals surface area (Å²) in [6.45, 7) is 8.81. The number of halogens is 1. The van der Waals surface area contributed by atoms with Crippen LogP contribution in [0, 0.1) is 16.6 Å². The van der Waals surface area contributed by atoms with E-state index in [1.807, 2.05) is 31.3 Å². The maximum absolute atomic E-state index is 13.7. The standard InChI is InChI=1S/C31H34FNO3/c1-30(2)14-22-28(24(34)16-30)27(29-23(33(22)5)15-31(3,4)17-25(29)35)21-8-6-7-9-26(21)36-18-19-10-12-20(32)13-11-19/h6-13,27H,14-18H2,1-5H3. The second kappa shape index (κ2) is 8.72. The highest BCUT2D eigenvalue weighted by Gasteiger charge is 2.48. The van der Waals surface area contributed by atoms with E-state index in [9.17, 15) is 14.0 Å². The third-order valence-electron chi connectivity index (χ3n) is 7.72. The number of para-hydroxylation sites is 1. The van der Waals surface area contributed by atoms with Crippen LogP contribution in [-0.2, 0) is 16.2 Å². The number of allylic oxidation sites excluding steroid dienone is 4. The topological polar surface area (TPSA) is 46.6 Å². The summed E-state index contributed by atoms with van der Waals surface area (Å²) in [7, 11) is 2.02. The molecule has 2 aliphatic carbocycles. The van der Waals surface area contributed by atoms with Crippen molar-refractivity contribution in [3.63, 3.8) is 0 Å². The van der Waals surface area contributed by atoms with E-state index < -0.39 is 5.92 Å². The summed E-state index contributed by atoms with van der Waals surface area (Å²) in [6, 6.07) is 14.0. The number of rotatable bonds is 4. The minimum Gasteiger partial charge on any atom is -0.489 e. The summed E-state index contributed by atoms with van der Waals surface area (Å²) in [5.74, 6) is 0.126. The molecule has 188 valence electrons. The van der Waals surface area contributed by atoms with Crippen LogP contribution in [0.1, 0.15) is 70.4 Å². The van der Waals surface area contributed by atoms with Gasteiger partial charge in [-0.3, -0.25) is 9.59 Å². The smallest absolute Gasteiger partial charge is 0.162 e. The van der Waals surface area contributed by atoms with Crippen molar-refractivity contribution in [1.29, 1.82) is 0 Å². The molecule has 1 heterocycles. The van der Waals surface area contributed by atoms with Crippen molar-refractivity contribution in [3.8, 4) is 5.75 Å². The zero-order valence-electron chi connectivity index (χ0n) is 21.8. The van der Waals surface area contributed by atoms with Crippen molar-refractivity contribution in [2.45, 2.75) is 65.9 Å². The van der Waals surface area contributed by atoms with Gasteiger partial charge in [-0.2, -0.15) is 0 Å². The van der Waals surface area contributed by atoms with Gasteiger partial charge < -0.3 is 9.64 Å². The van der Waals surface area contributed by atoms with Gasteiger partial charge in [0.05, 0.1) is 0 Å². The number of ether oxygens (including phenoxy) is 1. The van der Waals surface area contributed by atoms with Gasteiger partial charge in [0.1, 0.15) is 18.2 Å². The molecule has 0 fully saturated rings. The molecule has 5 heteroatoms. The van der Waals surface area contributed by atoms with Crippen LogP contribution in [0.3, 0.4) is 0 Å². The van der Waals surface area contributed by atoms with Gasteiger partial charge in [0.15, 0.2) is 11.6 Å². The molecule has 3 aliphatic rings. The number of ketones is 2. The number of hydrogen-bond acceptors (Lipinski definition) is 4. The zero-order valence-corrected chi connectivity index (χ0v) is 21.8. The molecule has 0 amide bonds. The van der Waals surface area contributed by atoms with Crippen LogP contribution in [0.15, 0.2) is 71.1 Å². The Hall–Kier alpha value is -3.21. The normalized spacial score (nSPS) is 21.4. The second-order valence-corrected chi connectivity index (χ2v) is 12.0. The molecule has 2 aromatic rings. The maximum Gasteiger partial charge on any atom is 0.162 e. The first-order chi connectivity index (χ1) is 17.0. The van der Waals surface area contributed by atoms with E-state index in [0.717, 1.165) is 46.5 Å². The van der Waals surface area contributed by atoms with Crippen molar-refractivity contribution >= 4 is 11.6 Å². The Balaban J connectivity index is 1.64. The minimum absolute atomic E-state index is 0.107. The number of hydrogen-bond donors (Lipinski definition) is 0. The lowest BCUT2D eigenvalue weighted by molar-refractivity contribution is -0.119. The zero-order chi connectivity index (χ0) is 25.8. The molecule has 0 bridgehead atoms. The number of carbonyl (C=O) groups is 2. The van der Waals surface area contributed by atoms with E-state index in [2.05, 4.69) is 32.6 Å². The average Bonchev–Trinajstić information content (AvgIpc) is 2.79. The summed E-state index contributed by atoms with van der Waals surface area (Å²) in [4.78, 5) is 29.6. The first kappa shape index (κ1) is 24.5. The highest BCUT2D eigenvalue weighted by Crippen LogP contribution is 2.55. The van der Waals surface area contributed by atoms with E-state index in [1.165, 1.54) is 12.1 Å². The molecule has 2 aromatic carbocycles. The van der Waals surface area contributed by atoms with Gasteiger partial charge in [0.2, 0.25) is 0 Å². The fourth-order valence-corrected chi connectivity index (χ4v) is 6.07. The van der Waals surface area contributed by atoms with E-state index in [4.69, 9.17) is 4.74 Å². The van der Waals surface area contributed by atoms with E-state index in [-0.39, 0.29) is 34.8 Å². The molecule has 0 spiro atoms. The molecule has 0 unspecified atom stereocenters. The van der Waals surface area contributed by atoms with Crippen molar-refractivity contribution in [1.82, 2.24) is 4.90 Å². The summed E-state index contributed by atoms with van der Waals surface area (Å²) in [6.07, 6.45) is 2.48. The first-order valence-electron chi connectivity index (χ1n) is 12.7. The van der Waals surface area contributed by atoms with Crippen LogP contribution in [0.25, 0.3) is 0 Å². The van der Waals surface area contributed by atoms with Crippen molar-refractivity contribution in [3.05, 3.63) is 88.0 Å². The number of Topliss-reactive ketones (excluding diaryl/α,β-unsaturated/α-hetero) is 2. The van der Waals surface area contributed by atoms with Crippen LogP contribution in [0.4, 0.5) is 4.39 Å². The number of nitrogens with zero attached hydrogens (tertiary/aromatic N) is 1. The van der Waals surface area contributed by atoms with E-state index in [0.29, 0.717) is 18.6 Å². The van der Waals surface area contributed by atoms with Gasteiger partial charge in [-0.1, -0.05) is 58.0 Å². The molecule has 4 nitrogen and oxygen atoms in total. The lowest BCUT2D eigenvalue weighted by atomic mass is 9.63. The fraction of sp³-hybridized carbons (Fsp3) is 0.419. The second-order valence-electron chi connectivity index (χ2n) is 12.0. The quantitative estimate of drug-likeness (QED) is 0.480. The fourth-order valence-electron chi connectivity index (χ4n) is 6.07. The van der Waals surface area contributed by atoms with Crippen molar-refractivity contribution in [2.24, 2.45) is 10.8 Å². The SMILES string of the molecule is CN1C2=C(C(=O)CC(C)(C)C2)C(c2ccccc2OCc2ccc(F)cc2)C2=C1CC(C)(C)CC2=O. The highest BCUT2D eigenvalue weighted by molar-refractivity contribution is 6.07. The molecule has 5 rings (SSSR count). The monoisotopic (exact) mass is 487 g/mol. The Bertz CT molecular complexity index is 1250. The lowest BCUT2D eigenvalue weighted by Gasteiger charge is -2.48. The molecule has 0 saturated heterocycles. The largest absolute Gasteiger partial charge is 0.489 e. The Kier molecular flexibility index (Phi) is 5.93. The van der Waals surface area contributed by atoms with E-state index in [1.54, 1.807) is 12.1 Å². The summed E-state index contributed by atoms with van der Waals surface area (Å²) in [5, 5.41) is 0. The lowest BCUT2D eigenvalue weighted by Crippen LogP contribution is -2.43. The molecule has 0 radical (unpaired) electrons. The van der Waals surface area contributed by atoms with Crippen LogP contribution in [0.2, 0.25) is 0 Å². The summed E-state index contributed by atoms with van der Waals surface area (Å²) < 4.78 is 19.6. The first-order valence-corrected chi connectivity index (χ1v) is 12.7. The van der Waals surface area contributed by atoms with Gasteiger partial charge in [-0.05, 0) is 47.4 Å². The molecule has 0 saturated carbocycles. The molecular weight excluding hydrogens is 453 g/mol. The molecule has 0 aromatic heterocycles. The summed E-state index contributed by atoms with van der Waals surface area (Å²) >= 11 is 0. The highest BCUT2D eigenvalue weighted by atomic mass is 19.1.